The Morgan fingerprint density at radius 3 is 2.90 bits per heavy atom. The Morgan fingerprint density at radius 2 is 2.35 bits per heavy atom. The summed E-state index contributed by atoms with van der Waals surface area (Å²) in [6, 6.07) is 3.83. The lowest BCUT2D eigenvalue weighted by Crippen LogP contribution is -2.41. The van der Waals surface area contributed by atoms with Crippen LogP contribution in [0.3, 0.4) is 0 Å². The average Bonchev–Trinajstić information content (AvgIpc) is 2.90. The first kappa shape index (κ1) is 14.8. The molecule has 0 aromatic carbocycles. The second-order valence-corrected chi connectivity index (χ2v) is 5.21. The summed E-state index contributed by atoms with van der Waals surface area (Å²) >= 11 is 0. The first-order chi connectivity index (χ1) is 9.63. The highest BCUT2D eigenvalue weighted by Crippen LogP contribution is 2.20. The summed E-state index contributed by atoms with van der Waals surface area (Å²) in [5, 5.41) is 3.20. The monoisotopic (exact) mass is 277 g/mol. The van der Waals surface area contributed by atoms with E-state index in [-0.39, 0.29) is 18.1 Å². The van der Waals surface area contributed by atoms with Gasteiger partial charge in [0.1, 0.15) is 5.82 Å². The van der Waals surface area contributed by atoms with Crippen LogP contribution in [0.5, 0.6) is 0 Å². The second kappa shape index (κ2) is 6.70. The number of hydrogen-bond acceptors (Lipinski definition) is 4. The maximum absolute atomic E-state index is 12.4. The summed E-state index contributed by atoms with van der Waals surface area (Å²) in [6.45, 7) is 5.72. The Morgan fingerprint density at radius 1 is 1.55 bits per heavy atom. The largest absolute Gasteiger partial charge is 0.376 e. The lowest BCUT2D eigenvalue weighted by Gasteiger charge is -2.26. The summed E-state index contributed by atoms with van der Waals surface area (Å²) in [5.41, 5.74) is 0.619. The molecule has 0 saturated carbocycles. The van der Waals surface area contributed by atoms with Gasteiger partial charge in [0.15, 0.2) is 0 Å². The molecule has 5 nitrogen and oxygen atoms in total. The van der Waals surface area contributed by atoms with Crippen LogP contribution in [0, 0.1) is 0 Å². The van der Waals surface area contributed by atoms with Crippen molar-refractivity contribution < 1.29 is 9.53 Å². The van der Waals surface area contributed by atoms with Crippen molar-refractivity contribution in [3.63, 3.8) is 0 Å². The normalized spacial score (nSPS) is 21.8. The fraction of sp³-hybridized carbons (Fsp3) is 0.600. The zero-order chi connectivity index (χ0) is 14.5. The van der Waals surface area contributed by atoms with E-state index >= 15 is 0 Å². The highest BCUT2D eigenvalue weighted by Gasteiger charge is 2.31. The molecule has 1 saturated heterocycles. The summed E-state index contributed by atoms with van der Waals surface area (Å²) < 4.78 is 5.52. The van der Waals surface area contributed by atoms with Crippen LogP contribution in [0.4, 0.5) is 5.82 Å². The molecule has 5 heteroatoms. The number of rotatable bonds is 5. The Labute approximate surface area is 120 Å². The molecule has 0 aliphatic carbocycles. The van der Waals surface area contributed by atoms with Crippen molar-refractivity contribution in [1.82, 2.24) is 9.88 Å². The molecule has 1 aliphatic rings. The van der Waals surface area contributed by atoms with Gasteiger partial charge in [0, 0.05) is 26.4 Å². The average molecular weight is 277 g/mol. The zero-order valence-corrected chi connectivity index (χ0v) is 12.4. The number of carbonyl (C=O) groups is 1. The van der Waals surface area contributed by atoms with Crippen molar-refractivity contribution in [3.05, 3.63) is 23.9 Å². The smallest absolute Gasteiger partial charge is 0.255 e. The van der Waals surface area contributed by atoms with Gasteiger partial charge in [0.2, 0.25) is 0 Å². The number of nitrogens with zero attached hydrogens (tertiary/aromatic N) is 2. The number of amides is 1. The number of aromatic nitrogens is 1. The van der Waals surface area contributed by atoms with Crippen LogP contribution in [0.15, 0.2) is 18.3 Å². The van der Waals surface area contributed by atoms with E-state index in [1.54, 1.807) is 11.1 Å². The van der Waals surface area contributed by atoms with Crippen molar-refractivity contribution in [2.45, 2.75) is 38.8 Å². The first-order valence-corrected chi connectivity index (χ1v) is 7.22. The molecule has 1 aromatic rings. The van der Waals surface area contributed by atoms with E-state index in [1.165, 1.54) is 0 Å². The van der Waals surface area contributed by atoms with Crippen molar-refractivity contribution in [3.8, 4) is 0 Å². The van der Waals surface area contributed by atoms with Crippen LogP contribution in [0.25, 0.3) is 0 Å². The Hall–Kier alpha value is -1.62. The number of nitrogens with one attached hydrogen (secondary N) is 1. The molecule has 1 aliphatic heterocycles. The van der Waals surface area contributed by atoms with Crippen molar-refractivity contribution >= 4 is 11.7 Å². The van der Waals surface area contributed by atoms with Gasteiger partial charge in [0.25, 0.3) is 5.91 Å². The van der Waals surface area contributed by atoms with Crippen LogP contribution < -0.4 is 5.32 Å². The van der Waals surface area contributed by atoms with Crippen LogP contribution in [0.1, 0.15) is 37.0 Å². The molecule has 20 heavy (non-hydrogen) atoms. The van der Waals surface area contributed by atoms with Gasteiger partial charge in [-0.25, -0.2) is 4.98 Å². The zero-order valence-electron chi connectivity index (χ0n) is 12.4. The number of ether oxygens (including phenoxy) is 1. The predicted octanol–water partition coefficient (Wildman–Crippen LogP) is 2.15. The Balaban J connectivity index is 2.01. The van der Waals surface area contributed by atoms with E-state index < -0.39 is 0 Å². The SMILES string of the molecule is CCCNc1ccc(C(=O)N(C)C2CCOC2C)cn1. The lowest BCUT2D eigenvalue weighted by molar-refractivity contribution is 0.0574. The van der Waals surface area contributed by atoms with Gasteiger partial charge in [0.05, 0.1) is 17.7 Å². The van der Waals surface area contributed by atoms with E-state index in [4.69, 9.17) is 4.74 Å². The minimum absolute atomic E-state index is 0.00175. The highest BCUT2D eigenvalue weighted by atomic mass is 16.5. The van der Waals surface area contributed by atoms with Gasteiger partial charge in [-0.2, -0.15) is 0 Å². The number of likely N-dealkylation sites (N-methyl/N-ethyl adjacent to an activating group) is 1. The molecule has 1 amide bonds. The van der Waals surface area contributed by atoms with E-state index in [0.717, 1.165) is 31.8 Å². The minimum atomic E-state index is 0.00175. The molecule has 0 bridgehead atoms. The van der Waals surface area contributed by atoms with Gasteiger partial charge < -0.3 is 15.0 Å². The summed E-state index contributed by atoms with van der Waals surface area (Å²) in [4.78, 5) is 18.5. The first-order valence-electron chi connectivity index (χ1n) is 7.22. The van der Waals surface area contributed by atoms with Gasteiger partial charge in [-0.05, 0) is 31.9 Å². The Bertz CT molecular complexity index is 447. The maximum Gasteiger partial charge on any atom is 0.255 e. The molecule has 110 valence electrons. The molecule has 2 heterocycles. The highest BCUT2D eigenvalue weighted by molar-refractivity contribution is 5.94. The van der Waals surface area contributed by atoms with E-state index in [0.29, 0.717) is 5.56 Å². The molecular weight excluding hydrogens is 254 g/mol. The Kier molecular flexibility index (Phi) is 4.95. The molecule has 1 N–H and O–H groups in total. The predicted molar refractivity (Wildman–Crippen MR) is 78.9 cm³/mol. The summed E-state index contributed by atoms with van der Waals surface area (Å²) in [6.07, 6.45) is 3.68. The van der Waals surface area contributed by atoms with Gasteiger partial charge in [-0.1, -0.05) is 6.92 Å². The van der Waals surface area contributed by atoms with E-state index in [2.05, 4.69) is 17.2 Å². The molecule has 1 aromatic heterocycles. The van der Waals surface area contributed by atoms with Crippen molar-refractivity contribution in [2.24, 2.45) is 0 Å². The molecule has 0 radical (unpaired) electrons. The van der Waals surface area contributed by atoms with Crippen molar-refractivity contribution in [1.29, 1.82) is 0 Å². The van der Waals surface area contributed by atoms with Gasteiger partial charge in [-0.15, -0.1) is 0 Å². The minimum Gasteiger partial charge on any atom is -0.376 e. The molecule has 1 fully saturated rings. The maximum atomic E-state index is 12.4. The number of carbonyl (C=O) groups excluding carboxylic acids is 1. The van der Waals surface area contributed by atoms with E-state index in [9.17, 15) is 4.79 Å². The topological polar surface area (TPSA) is 54.5 Å². The fourth-order valence-electron chi connectivity index (χ4n) is 2.46. The van der Waals surface area contributed by atoms with Crippen LogP contribution in [-0.4, -0.2) is 48.1 Å². The number of pyridine rings is 1. The number of hydrogen-bond donors (Lipinski definition) is 1. The molecule has 2 atom stereocenters. The van der Waals surface area contributed by atoms with Crippen LogP contribution in [-0.2, 0) is 4.74 Å². The third-order valence-corrected chi connectivity index (χ3v) is 3.72. The van der Waals surface area contributed by atoms with Gasteiger partial charge >= 0.3 is 0 Å². The van der Waals surface area contributed by atoms with Crippen LogP contribution in [0.2, 0.25) is 0 Å². The van der Waals surface area contributed by atoms with Gasteiger partial charge in [-0.3, -0.25) is 4.79 Å². The molecule has 2 unspecified atom stereocenters. The van der Waals surface area contributed by atoms with E-state index in [1.807, 2.05) is 26.1 Å². The fourth-order valence-corrected chi connectivity index (χ4v) is 2.46. The third kappa shape index (κ3) is 3.28. The second-order valence-electron chi connectivity index (χ2n) is 5.21. The molecule has 0 spiro atoms. The summed E-state index contributed by atoms with van der Waals surface area (Å²) in [7, 11) is 1.83. The standard InChI is InChI=1S/C15H23N3O2/c1-4-8-16-14-6-5-12(10-17-14)15(19)18(3)13-7-9-20-11(13)2/h5-6,10-11,13H,4,7-9H2,1-3H3,(H,16,17). The number of anilines is 1. The summed E-state index contributed by atoms with van der Waals surface area (Å²) in [5.74, 6) is 0.811. The molecule has 2 rings (SSSR count). The molecular formula is C15H23N3O2. The quantitative estimate of drug-likeness (QED) is 0.896. The lowest BCUT2D eigenvalue weighted by atomic mass is 10.1. The van der Waals surface area contributed by atoms with Crippen LogP contribution >= 0.6 is 0 Å². The van der Waals surface area contributed by atoms with Crippen molar-refractivity contribution in [2.75, 3.05) is 25.5 Å². The third-order valence-electron chi connectivity index (χ3n) is 3.72.